The van der Waals surface area contributed by atoms with Gasteiger partial charge < -0.3 is 5.32 Å². The van der Waals surface area contributed by atoms with Gasteiger partial charge in [-0.25, -0.2) is 8.42 Å². The molecule has 23 heavy (non-hydrogen) atoms. The Balaban J connectivity index is 1.87. The zero-order valence-corrected chi connectivity index (χ0v) is 14.4. The summed E-state index contributed by atoms with van der Waals surface area (Å²) in [4.78, 5) is 12.4. The molecule has 122 valence electrons. The first-order valence-corrected chi connectivity index (χ1v) is 9.73. The highest BCUT2D eigenvalue weighted by Crippen LogP contribution is 2.38. The third kappa shape index (κ3) is 3.31. The van der Waals surface area contributed by atoms with E-state index in [-0.39, 0.29) is 16.8 Å². The molecule has 1 N–H and O–H groups in total. The van der Waals surface area contributed by atoms with Crippen LogP contribution in [0.15, 0.2) is 46.7 Å². The maximum atomic E-state index is 12.9. The predicted octanol–water partition coefficient (Wildman–Crippen LogP) is 3.23. The van der Waals surface area contributed by atoms with Gasteiger partial charge in [-0.1, -0.05) is 6.07 Å². The molecule has 1 aromatic carbocycles. The highest BCUT2D eigenvalue weighted by Gasteiger charge is 2.36. The molecule has 3 rings (SSSR count). The molecule has 0 aliphatic carbocycles. The maximum absolute atomic E-state index is 12.9. The zero-order valence-electron chi connectivity index (χ0n) is 12.7. The smallest absolute Gasteiger partial charge is 0.243 e. The van der Waals surface area contributed by atoms with E-state index < -0.39 is 10.0 Å². The van der Waals surface area contributed by atoms with E-state index in [1.807, 2.05) is 17.5 Å². The van der Waals surface area contributed by atoms with Crippen molar-refractivity contribution in [1.82, 2.24) is 4.31 Å². The molecule has 7 heteroatoms. The molecule has 2 aromatic rings. The number of amides is 1. The molecule has 0 spiro atoms. The Morgan fingerprint density at radius 2 is 2.00 bits per heavy atom. The van der Waals surface area contributed by atoms with E-state index in [4.69, 9.17) is 0 Å². The standard InChI is InChI=1S/C16H18N2O3S2/c1-12(19)17-13-6-8-14(9-7-13)23(20,21)18-10-2-4-15(18)16-5-3-11-22-16/h3,5-9,11,15H,2,4,10H2,1H3,(H,17,19). The Bertz CT molecular complexity index is 783. The Kier molecular flexibility index (Phi) is 4.52. The summed E-state index contributed by atoms with van der Waals surface area (Å²) >= 11 is 1.59. The fraction of sp³-hybridized carbons (Fsp3) is 0.312. The molecule has 1 atom stereocenters. The second-order valence-electron chi connectivity index (χ2n) is 5.49. The first-order chi connectivity index (χ1) is 11.0. The van der Waals surface area contributed by atoms with Gasteiger partial charge in [-0.3, -0.25) is 4.79 Å². The first-order valence-electron chi connectivity index (χ1n) is 7.41. The van der Waals surface area contributed by atoms with Crippen molar-refractivity contribution < 1.29 is 13.2 Å². The van der Waals surface area contributed by atoms with Gasteiger partial charge in [0.15, 0.2) is 0 Å². The highest BCUT2D eigenvalue weighted by molar-refractivity contribution is 7.89. The number of nitrogens with zero attached hydrogens (tertiary/aromatic N) is 1. The van der Waals surface area contributed by atoms with E-state index >= 15 is 0 Å². The van der Waals surface area contributed by atoms with Gasteiger partial charge in [0, 0.05) is 24.0 Å². The Morgan fingerprint density at radius 3 is 2.61 bits per heavy atom. The number of hydrogen-bond acceptors (Lipinski definition) is 4. The molecular weight excluding hydrogens is 332 g/mol. The van der Waals surface area contributed by atoms with Gasteiger partial charge in [0.2, 0.25) is 15.9 Å². The van der Waals surface area contributed by atoms with Gasteiger partial charge >= 0.3 is 0 Å². The fourth-order valence-electron chi connectivity index (χ4n) is 2.84. The maximum Gasteiger partial charge on any atom is 0.243 e. The van der Waals surface area contributed by atoms with E-state index in [9.17, 15) is 13.2 Å². The van der Waals surface area contributed by atoms with E-state index in [0.717, 1.165) is 17.7 Å². The minimum atomic E-state index is -3.53. The number of benzene rings is 1. The van der Waals surface area contributed by atoms with E-state index in [0.29, 0.717) is 12.2 Å². The van der Waals surface area contributed by atoms with Crippen molar-refractivity contribution in [2.75, 3.05) is 11.9 Å². The molecule has 0 radical (unpaired) electrons. The normalized spacial score (nSPS) is 18.9. The summed E-state index contributed by atoms with van der Waals surface area (Å²) in [7, 11) is -3.53. The quantitative estimate of drug-likeness (QED) is 0.920. The highest BCUT2D eigenvalue weighted by atomic mass is 32.2. The lowest BCUT2D eigenvalue weighted by atomic mass is 10.2. The van der Waals surface area contributed by atoms with Crippen molar-refractivity contribution in [3.05, 3.63) is 46.7 Å². The topological polar surface area (TPSA) is 66.5 Å². The van der Waals surface area contributed by atoms with E-state index in [1.165, 1.54) is 6.92 Å². The molecule has 1 fully saturated rings. The van der Waals surface area contributed by atoms with Gasteiger partial charge in [0.1, 0.15) is 0 Å². The number of nitrogens with one attached hydrogen (secondary N) is 1. The molecule has 1 aliphatic heterocycles. The predicted molar refractivity (Wildman–Crippen MR) is 90.9 cm³/mol. The van der Waals surface area contributed by atoms with Crippen molar-refractivity contribution in [1.29, 1.82) is 0 Å². The Labute approximate surface area is 140 Å². The number of hydrogen-bond donors (Lipinski definition) is 1. The molecule has 5 nitrogen and oxygen atoms in total. The third-order valence-electron chi connectivity index (χ3n) is 3.86. The number of rotatable bonds is 4. The summed E-state index contributed by atoms with van der Waals surface area (Å²) < 4.78 is 27.4. The average molecular weight is 350 g/mol. The number of carbonyl (C=O) groups excluding carboxylic acids is 1. The number of anilines is 1. The first kappa shape index (κ1) is 16.2. The minimum Gasteiger partial charge on any atom is -0.326 e. The van der Waals surface area contributed by atoms with Crippen LogP contribution < -0.4 is 5.32 Å². The van der Waals surface area contributed by atoms with Crippen LogP contribution in [0.1, 0.15) is 30.7 Å². The molecule has 0 bridgehead atoms. The van der Waals surface area contributed by atoms with Crippen LogP contribution in [0.2, 0.25) is 0 Å². The number of thiophene rings is 1. The van der Waals surface area contributed by atoms with Crippen LogP contribution >= 0.6 is 11.3 Å². The second kappa shape index (κ2) is 6.43. The van der Waals surface area contributed by atoms with E-state index in [1.54, 1.807) is 39.9 Å². The van der Waals surface area contributed by atoms with Crippen LogP contribution in [0.5, 0.6) is 0 Å². The molecule has 2 heterocycles. The van der Waals surface area contributed by atoms with Crippen molar-refractivity contribution in [2.24, 2.45) is 0 Å². The third-order valence-corrected chi connectivity index (χ3v) is 6.75. The van der Waals surface area contributed by atoms with Crippen LogP contribution in [-0.4, -0.2) is 25.2 Å². The van der Waals surface area contributed by atoms with Crippen LogP contribution in [-0.2, 0) is 14.8 Å². The van der Waals surface area contributed by atoms with Crippen LogP contribution in [0, 0.1) is 0 Å². The molecule has 1 saturated heterocycles. The summed E-state index contributed by atoms with van der Waals surface area (Å²) in [5.74, 6) is -0.182. The SMILES string of the molecule is CC(=O)Nc1ccc(S(=O)(=O)N2CCCC2c2cccs2)cc1. The second-order valence-corrected chi connectivity index (χ2v) is 8.36. The van der Waals surface area contributed by atoms with Gasteiger partial charge in [-0.05, 0) is 48.6 Å². The minimum absolute atomic E-state index is 0.0741. The summed E-state index contributed by atoms with van der Waals surface area (Å²) in [6.45, 7) is 1.96. The fourth-order valence-corrected chi connectivity index (χ4v) is 5.46. The number of carbonyl (C=O) groups is 1. The van der Waals surface area contributed by atoms with Gasteiger partial charge in [0.05, 0.1) is 10.9 Å². The number of sulfonamides is 1. The molecule has 1 amide bonds. The van der Waals surface area contributed by atoms with Crippen LogP contribution in [0.25, 0.3) is 0 Å². The summed E-state index contributed by atoms with van der Waals surface area (Å²) in [5.41, 5.74) is 0.590. The summed E-state index contributed by atoms with van der Waals surface area (Å²) in [5, 5.41) is 4.61. The van der Waals surface area contributed by atoms with Crippen molar-refractivity contribution >= 4 is 33.0 Å². The van der Waals surface area contributed by atoms with Crippen molar-refractivity contribution in [3.8, 4) is 0 Å². The van der Waals surface area contributed by atoms with Gasteiger partial charge in [-0.15, -0.1) is 11.3 Å². The zero-order chi connectivity index (χ0) is 16.4. The summed E-state index contributed by atoms with van der Waals surface area (Å²) in [6, 6.07) is 10.2. The average Bonchev–Trinajstić information content (AvgIpc) is 3.18. The lowest BCUT2D eigenvalue weighted by Crippen LogP contribution is -2.30. The molecule has 0 saturated carbocycles. The van der Waals surface area contributed by atoms with E-state index in [2.05, 4.69) is 5.32 Å². The molecule has 1 aliphatic rings. The van der Waals surface area contributed by atoms with Crippen molar-refractivity contribution in [2.45, 2.75) is 30.7 Å². The molecular formula is C16H18N2O3S2. The lowest BCUT2D eigenvalue weighted by molar-refractivity contribution is -0.114. The van der Waals surface area contributed by atoms with Crippen molar-refractivity contribution in [3.63, 3.8) is 0 Å². The Hall–Kier alpha value is -1.70. The van der Waals surface area contributed by atoms with Gasteiger partial charge in [0.25, 0.3) is 0 Å². The molecule has 1 aromatic heterocycles. The molecule has 1 unspecified atom stereocenters. The Morgan fingerprint density at radius 1 is 1.26 bits per heavy atom. The van der Waals surface area contributed by atoms with Crippen LogP contribution in [0.4, 0.5) is 5.69 Å². The monoisotopic (exact) mass is 350 g/mol. The summed E-state index contributed by atoms with van der Waals surface area (Å²) in [6.07, 6.45) is 1.72. The van der Waals surface area contributed by atoms with Gasteiger partial charge in [-0.2, -0.15) is 4.31 Å². The largest absolute Gasteiger partial charge is 0.326 e. The van der Waals surface area contributed by atoms with Crippen LogP contribution in [0.3, 0.4) is 0 Å². The lowest BCUT2D eigenvalue weighted by Gasteiger charge is -2.23.